The van der Waals surface area contributed by atoms with Gasteiger partial charge in [0.25, 0.3) is 5.91 Å². The van der Waals surface area contributed by atoms with Crippen LogP contribution in [0.3, 0.4) is 0 Å². The zero-order valence-corrected chi connectivity index (χ0v) is 19.7. The number of ether oxygens (including phenoxy) is 1. The van der Waals surface area contributed by atoms with Crippen molar-refractivity contribution in [3.8, 4) is 5.75 Å². The highest BCUT2D eigenvalue weighted by molar-refractivity contribution is 6.31. The van der Waals surface area contributed by atoms with Gasteiger partial charge in [-0.3, -0.25) is 4.79 Å². The number of rotatable bonds is 11. The number of H-pyrrole nitrogens is 1. The van der Waals surface area contributed by atoms with Crippen LogP contribution in [0.5, 0.6) is 5.75 Å². The van der Waals surface area contributed by atoms with E-state index in [2.05, 4.69) is 17.2 Å². The summed E-state index contributed by atoms with van der Waals surface area (Å²) in [5, 5.41) is 15.5. The van der Waals surface area contributed by atoms with Crippen molar-refractivity contribution in [3.05, 3.63) is 64.8 Å². The van der Waals surface area contributed by atoms with E-state index in [1.54, 1.807) is 11.0 Å². The van der Waals surface area contributed by atoms with E-state index in [0.29, 0.717) is 30.4 Å². The van der Waals surface area contributed by atoms with E-state index in [1.165, 1.54) is 0 Å². The van der Waals surface area contributed by atoms with Gasteiger partial charge in [-0.1, -0.05) is 41.9 Å². The topological polar surface area (TPSA) is 77.6 Å². The number of fused-ring (bicyclic) bond motifs is 1. The summed E-state index contributed by atoms with van der Waals surface area (Å²) >= 11 is 6.18. The number of likely N-dealkylation sites (N-methyl/N-ethyl adjacent to an activating group) is 1. The Morgan fingerprint density at radius 3 is 2.66 bits per heavy atom. The van der Waals surface area contributed by atoms with E-state index >= 15 is 0 Å². The van der Waals surface area contributed by atoms with Crippen LogP contribution in [0.25, 0.3) is 10.9 Å². The average molecular weight is 458 g/mol. The number of aliphatic hydroxyl groups is 1. The second-order valence-corrected chi connectivity index (χ2v) is 8.31. The molecule has 0 aliphatic carbocycles. The molecule has 0 unspecified atom stereocenters. The van der Waals surface area contributed by atoms with Crippen molar-refractivity contribution >= 4 is 28.4 Å². The van der Waals surface area contributed by atoms with E-state index in [-0.39, 0.29) is 18.6 Å². The molecular formula is C25H32ClN3O3. The maximum Gasteiger partial charge on any atom is 0.260 e. The van der Waals surface area contributed by atoms with Crippen molar-refractivity contribution in [2.45, 2.75) is 39.3 Å². The lowest BCUT2D eigenvalue weighted by atomic mass is 10.0. The van der Waals surface area contributed by atoms with Crippen LogP contribution in [0, 0.1) is 0 Å². The van der Waals surface area contributed by atoms with Gasteiger partial charge in [0, 0.05) is 47.8 Å². The average Bonchev–Trinajstić information content (AvgIpc) is 3.20. The van der Waals surface area contributed by atoms with Gasteiger partial charge in [-0.25, -0.2) is 0 Å². The number of para-hydroxylation sites is 1. The number of nitrogens with zero attached hydrogens (tertiary/aromatic N) is 1. The third-order valence-electron chi connectivity index (χ3n) is 5.68. The summed E-state index contributed by atoms with van der Waals surface area (Å²) in [5.74, 6) is 0.651. The molecule has 32 heavy (non-hydrogen) atoms. The second-order valence-electron chi connectivity index (χ2n) is 7.90. The summed E-state index contributed by atoms with van der Waals surface area (Å²) in [6.07, 6.45) is 2.08. The first-order valence-electron chi connectivity index (χ1n) is 11.1. The van der Waals surface area contributed by atoms with Crippen LogP contribution in [-0.4, -0.2) is 53.2 Å². The molecule has 3 rings (SSSR count). The largest absolute Gasteiger partial charge is 0.482 e. The number of halogens is 1. The van der Waals surface area contributed by atoms with Crippen LogP contribution >= 0.6 is 11.6 Å². The predicted molar refractivity (Wildman–Crippen MR) is 129 cm³/mol. The summed E-state index contributed by atoms with van der Waals surface area (Å²) < 4.78 is 5.84. The zero-order chi connectivity index (χ0) is 23.1. The molecule has 0 radical (unpaired) electrons. The van der Waals surface area contributed by atoms with Crippen molar-refractivity contribution in [2.24, 2.45) is 0 Å². The SMILES string of the molecule is CCN(CC)C(=O)COc1cccc2c(C[C@@H](C)NC[C@H](O)c3ccccc3Cl)c[nH]c12. The first-order valence-corrected chi connectivity index (χ1v) is 11.5. The molecule has 2 aromatic carbocycles. The Hall–Kier alpha value is -2.54. The molecule has 2 atom stereocenters. The summed E-state index contributed by atoms with van der Waals surface area (Å²) in [5.41, 5.74) is 2.76. The van der Waals surface area contributed by atoms with E-state index < -0.39 is 6.10 Å². The van der Waals surface area contributed by atoms with Gasteiger partial charge in [-0.05, 0) is 44.9 Å². The van der Waals surface area contributed by atoms with Gasteiger partial charge >= 0.3 is 0 Å². The Balaban J connectivity index is 1.61. The van der Waals surface area contributed by atoms with Crippen LogP contribution < -0.4 is 10.1 Å². The first-order chi connectivity index (χ1) is 15.4. The Kier molecular flexibility index (Phi) is 8.56. The highest BCUT2D eigenvalue weighted by atomic mass is 35.5. The Bertz CT molecular complexity index is 1030. The van der Waals surface area contributed by atoms with E-state index in [1.807, 2.05) is 56.4 Å². The van der Waals surface area contributed by atoms with Crippen molar-refractivity contribution in [2.75, 3.05) is 26.2 Å². The van der Waals surface area contributed by atoms with Gasteiger partial charge in [-0.2, -0.15) is 0 Å². The number of hydrogen-bond acceptors (Lipinski definition) is 4. The lowest BCUT2D eigenvalue weighted by Gasteiger charge is -2.19. The number of aromatic nitrogens is 1. The first kappa shape index (κ1) is 24.1. The monoisotopic (exact) mass is 457 g/mol. The van der Waals surface area contributed by atoms with E-state index in [9.17, 15) is 9.90 Å². The van der Waals surface area contributed by atoms with Crippen LogP contribution in [0.1, 0.15) is 38.0 Å². The molecule has 1 heterocycles. The fraction of sp³-hybridized carbons (Fsp3) is 0.400. The zero-order valence-electron chi connectivity index (χ0n) is 18.9. The van der Waals surface area contributed by atoms with Gasteiger partial charge < -0.3 is 25.0 Å². The normalized spacial score (nSPS) is 13.2. The van der Waals surface area contributed by atoms with Crippen LogP contribution in [0.2, 0.25) is 5.02 Å². The van der Waals surface area contributed by atoms with Crippen LogP contribution in [-0.2, 0) is 11.2 Å². The minimum atomic E-state index is -0.669. The molecule has 3 N–H and O–H groups in total. The van der Waals surface area contributed by atoms with Gasteiger partial charge in [0.1, 0.15) is 5.75 Å². The summed E-state index contributed by atoms with van der Waals surface area (Å²) in [7, 11) is 0. The molecule has 1 amide bonds. The Morgan fingerprint density at radius 1 is 1.19 bits per heavy atom. The number of nitrogens with one attached hydrogen (secondary N) is 2. The molecule has 0 aliphatic heterocycles. The Morgan fingerprint density at radius 2 is 1.94 bits per heavy atom. The second kappa shape index (κ2) is 11.4. The highest BCUT2D eigenvalue weighted by Gasteiger charge is 2.16. The predicted octanol–water partition coefficient (Wildman–Crippen LogP) is 4.32. The van der Waals surface area contributed by atoms with Gasteiger partial charge in [-0.15, -0.1) is 0 Å². The van der Waals surface area contributed by atoms with Crippen LogP contribution in [0.15, 0.2) is 48.7 Å². The fourth-order valence-corrected chi connectivity index (χ4v) is 4.11. The lowest BCUT2D eigenvalue weighted by molar-refractivity contribution is -0.132. The molecule has 172 valence electrons. The summed E-state index contributed by atoms with van der Waals surface area (Å²) in [6, 6.07) is 13.3. The fourth-order valence-electron chi connectivity index (χ4n) is 3.85. The molecule has 0 bridgehead atoms. The maximum atomic E-state index is 12.3. The van der Waals surface area contributed by atoms with E-state index in [0.717, 1.165) is 28.5 Å². The number of benzene rings is 2. The summed E-state index contributed by atoms with van der Waals surface area (Å²) in [4.78, 5) is 17.3. The van der Waals surface area contributed by atoms with Crippen molar-refractivity contribution in [3.63, 3.8) is 0 Å². The molecule has 7 heteroatoms. The summed E-state index contributed by atoms with van der Waals surface area (Å²) in [6.45, 7) is 7.78. The maximum absolute atomic E-state index is 12.3. The number of carbonyl (C=O) groups excluding carboxylic acids is 1. The quantitative estimate of drug-likeness (QED) is 0.400. The smallest absolute Gasteiger partial charge is 0.260 e. The minimum absolute atomic E-state index is 0.0197. The van der Waals surface area contributed by atoms with Gasteiger partial charge in [0.15, 0.2) is 6.61 Å². The number of amides is 1. The molecule has 0 spiro atoms. The molecule has 0 aliphatic rings. The molecule has 0 saturated carbocycles. The molecule has 0 saturated heterocycles. The van der Waals surface area contributed by atoms with Gasteiger partial charge in [0.05, 0.1) is 11.6 Å². The van der Waals surface area contributed by atoms with Crippen molar-refractivity contribution in [1.82, 2.24) is 15.2 Å². The molecule has 1 aromatic heterocycles. The molecule has 6 nitrogen and oxygen atoms in total. The highest BCUT2D eigenvalue weighted by Crippen LogP contribution is 2.28. The molecular weight excluding hydrogens is 426 g/mol. The number of carbonyl (C=O) groups is 1. The molecule has 3 aromatic rings. The van der Waals surface area contributed by atoms with Crippen molar-refractivity contribution < 1.29 is 14.6 Å². The third-order valence-corrected chi connectivity index (χ3v) is 6.02. The lowest BCUT2D eigenvalue weighted by Crippen LogP contribution is -2.34. The van der Waals surface area contributed by atoms with E-state index in [4.69, 9.17) is 16.3 Å². The third kappa shape index (κ3) is 5.82. The number of aromatic amines is 1. The molecule has 0 fully saturated rings. The number of aliphatic hydroxyl groups excluding tert-OH is 1. The standard InChI is InChI=1S/C25H32ClN3O3/c1-4-29(5-2)24(31)16-32-23-12-8-10-19-18(14-28-25(19)23)13-17(3)27-15-22(30)20-9-6-7-11-21(20)26/h6-12,14,17,22,27-28,30H,4-5,13,15-16H2,1-3H3/t17-,22+/m1/s1. The van der Waals surface area contributed by atoms with Gasteiger partial charge in [0.2, 0.25) is 0 Å². The minimum Gasteiger partial charge on any atom is -0.482 e. The van der Waals surface area contributed by atoms with Crippen LogP contribution in [0.4, 0.5) is 0 Å². The number of hydrogen-bond donors (Lipinski definition) is 3. The Labute approximate surface area is 194 Å². The van der Waals surface area contributed by atoms with Crippen molar-refractivity contribution in [1.29, 1.82) is 0 Å².